The van der Waals surface area contributed by atoms with Gasteiger partial charge in [-0.15, -0.1) is 0 Å². The van der Waals surface area contributed by atoms with Gasteiger partial charge >= 0.3 is 0 Å². The second-order valence-electron chi connectivity index (χ2n) is 17.7. The molecule has 5 aliphatic rings. The molecule has 308 valence electrons. The lowest BCUT2D eigenvalue weighted by atomic mass is 9.48. The largest absolute Gasteiger partial charge is 0.473 e. The topological polar surface area (TPSA) is 199 Å². The first-order valence-corrected chi connectivity index (χ1v) is 20.4. The SMILES string of the molecule is Cc1nc(OC2C(C)(C)C(N3C(=O)CCC(N4C(=O)c5ccc(N6CCN(CC7CCN(c8ncc(C(N)=O)cn8)CC7)CC6)cc5C4=O)C3=O)C2(C)C)ccc1C#N. The third-order valence-electron chi connectivity index (χ3n) is 13.1. The maximum atomic E-state index is 14.4. The average molecular weight is 803 g/mol. The number of likely N-dealkylation sites (tertiary alicyclic amines) is 1. The summed E-state index contributed by atoms with van der Waals surface area (Å²) in [4.78, 5) is 89.6. The number of rotatable bonds is 9. The van der Waals surface area contributed by atoms with E-state index in [1.807, 2.05) is 33.8 Å². The van der Waals surface area contributed by atoms with Crippen molar-refractivity contribution in [1.82, 2.24) is 29.7 Å². The summed E-state index contributed by atoms with van der Waals surface area (Å²) in [5, 5.41) is 9.33. The number of amides is 5. The van der Waals surface area contributed by atoms with Gasteiger partial charge in [0.1, 0.15) is 18.2 Å². The molecule has 0 spiro atoms. The van der Waals surface area contributed by atoms with Crippen LogP contribution in [-0.4, -0.2) is 123 Å². The molecule has 2 N–H and O–H groups in total. The summed E-state index contributed by atoms with van der Waals surface area (Å²) in [6, 6.07) is 9.06. The first-order chi connectivity index (χ1) is 28.1. The van der Waals surface area contributed by atoms with Crippen molar-refractivity contribution in [2.75, 3.05) is 55.6 Å². The number of hydrogen-bond acceptors (Lipinski definition) is 13. The van der Waals surface area contributed by atoms with E-state index in [4.69, 9.17) is 10.5 Å². The summed E-state index contributed by atoms with van der Waals surface area (Å²) in [7, 11) is 0. The van der Waals surface area contributed by atoms with Gasteiger partial charge in [-0.1, -0.05) is 27.7 Å². The number of pyridine rings is 1. The Morgan fingerprint density at radius 2 is 1.53 bits per heavy atom. The molecule has 4 fully saturated rings. The van der Waals surface area contributed by atoms with Crippen LogP contribution in [-0.2, 0) is 9.59 Å². The predicted octanol–water partition coefficient (Wildman–Crippen LogP) is 3.19. The van der Waals surface area contributed by atoms with Gasteiger partial charge in [-0.05, 0) is 56.4 Å². The molecule has 16 nitrogen and oxygen atoms in total. The summed E-state index contributed by atoms with van der Waals surface area (Å²) < 4.78 is 6.37. The molecule has 3 saturated heterocycles. The molecular formula is C43H50N10O6. The number of piperazine rings is 1. The molecule has 1 aromatic carbocycles. The number of hydrogen-bond donors (Lipinski definition) is 1. The Hall–Kier alpha value is -5.95. The van der Waals surface area contributed by atoms with Crippen molar-refractivity contribution < 1.29 is 28.7 Å². The zero-order valence-electron chi connectivity index (χ0n) is 34.2. The maximum Gasteiger partial charge on any atom is 0.262 e. The molecule has 3 aromatic rings. The number of imide groups is 2. The number of piperidine rings is 2. The number of benzene rings is 1. The molecule has 1 atom stereocenters. The van der Waals surface area contributed by atoms with Crippen LogP contribution in [0.1, 0.15) is 95.7 Å². The van der Waals surface area contributed by atoms with Gasteiger partial charge in [-0.3, -0.25) is 38.7 Å². The number of carbonyl (C=O) groups excluding carboxylic acids is 5. The molecule has 2 aromatic heterocycles. The number of nitrogens with two attached hydrogens (primary N) is 1. The van der Waals surface area contributed by atoms with Crippen molar-refractivity contribution in [3.8, 4) is 11.9 Å². The normalized spacial score (nSPS) is 24.5. The monoisotopic (exact) mass is 802 g/mol. The van der Waals surface area contributed by atoms with E-state index in [0.717, 1.165) is 69.2 Å². The van der Waals surface area contributed by atoms with Crippen molar-refractivity contribution in [2.45, 2.75) is 78.5 Å². The first-order valence-electron chi connectivity index (χ1n) is 20.4. The Labute approximate surface area is 343 Å². The van der Waals surface area contributed by atoms with E-state index in [9.17, 15) is 29.2 Å². The standard InChI is InChI=1S/C43H50N10O6/c1-25-27(21-44)6-10-33(48-25)59-40-42(2,3)39(43(40,4)5)53-34(54)11-9-32(38(53)58)52-36(56)30-8-7-29(20-31(30)37(52)57)50-18-16-49(17-19-50)24-26-12-14-51(15-13-26)41-46-22-28(23-47-41)35(45)55/h6-8,10,20,22-23,26,32,39-40H,9,11-19,24H2,1-5H3,(H2,45,55). The van der Waals surface area contributed by atoms with Gasteiger partial charge < -0.3 is 20.3 Å². The van der Waals surface area contributed by atoms with Crippen LogP contribution in [0.25, 0.3) is 0 Å². The number of aryl methyl sites for hydroxylation is 1. The second-order valence-corrected chi connectivity index (χ2v) is 17.7. The van der Waals surface area contributed by atoms with E-state index in [1.165, 1.54) is 17.3 Å². The highest BCUT2D eigenvalue weighted by molar-refractivity contribution is 6.23. The number of aromatic nitrogens is 3. The highest BCUT2D eigenvalue weighted by atomic mass is 16.5. The number of anilines is 2. The summed E-state index contributed by atoms with van der Waals surface area (Å²) in [6.07, 6.45) is 4.61. The molecule has 1 unspecified atom stereocenters. The summed E-state index contributed by atoms with van der Waals surface area (Å²) in [5.41, 5.74) is 6.59. The molecule has 0 radical (unpaired) electrons. The zero-order chi connectivity index (χ0) is 42.0. The number of ether oxygens (including phenoxy) is 1. The fourth-order valence-corrected chi connectivity index (χ4v) is 10.4. The van der Waals surface area contributed by atoms with Crippen molar-refractivity contribution in [2.24, 2.45) is 22.5 Å². The van der Waals surface area contributed by atoms with Gasteiger partial charge in [0, 0.05) is 87.2 Å². The van der Waals surface area contributed by atoms with Crippen LogP contribution in [0, 0.1) is 35.0 Å². The maximum absolute atomic E-state index is 14.4. The fourth-order valence-electron chi connectivity index (χ4n) is 10.4. The Morgan fingerprint density at radius 1 is 0.864 bits per heavy atom. The van der Waals surface area contributed by atoms with Gasteiger partial charge in [0.2, 0.25) is 17.7 Å². The Kier molecular flexibility index (Phi) is 10.1. The van der Waals surface area contributed by atoms with Crippen LogP contribution in [0.4, 0.5) is 11.6 Å². The smallest absolute Gasteiger partial charge is 0.262 e. The van der Waals surface area contributed by atoms with Crippen LogP contribution >= 0.6 is 0 Å². The lowest BCUT2D eigenvalue weighted by Crippen LogP contribution is -2.77. The lowest BCUT2D eigenvalue weighted by molar-refractivity contribution is -0.216. The zero-order valence-corrected chi connectivity index (χ0v) is 34.2. The highest BCUT2D eigenvalue weighted by Crippen LogP contribution is 2.58. The number of nitriles is 1. The van der Waals surface area contributed by atoms with E-state index >= 15 is 0 Å². The van der Waals surface area contributed by atoms with Gasteiger partial charge in [0.15, 0.2) is 0 Å². The van der Waals surface area contributed by atoms with Crippen molar-refractivity contribution >= 4 is 41.2 Å². The van der Waals surface area contributed by atoms with Gasteiger partial charge in [-0.25, -0.2) is 15.0 Å². The van der Waals surface area contributed by atoms with Crippen LogP contribution < -0.4 is 20.3 Å². The van der Waals surface area contributed by atoms with E-state index in [-0.39, 0.29) is 29.9 Å². The number of primary amides is 1. The molecule has 0 bridgehead atoms. The lowest BCUT2D eigenvalue weighted by Gasteiger charge is -2.65. The minimum atomic E-state index is -1.11. The van der Waals surface area contributed by atoms with Crippen molar-refractivity contribution in [1.29, 1.82) is 5.26 Å². The number of fused-ring (bicyclic) bond motifs is 1. The van der Waals surface area contributed by atoms with Crippen molar-refractivity contribution in [3.05, 3.63) is 70.7 Å². The fraction of sp³-hybridized carbons (Fsp3) is 0.512. The van der Waals surface area contributed by atoms with Crippen molar-refractivity contribution in [3.63, 3.8) is 0 Å². The van der Waals surface area contributed by atoms with Gasteiger partial charge in [0.25, 0.3) is 23.6 Å². The quantitative estimate of drug-likeness (QED) is 0.310. The Balaban J connectivity index is 0.886. The van der Waals surface area contributed by atoms with Crippen LogP contribution in [0.3, 0.4) is 0 Å². The molecule has 4 aliphatic heterocycles. The van der Waals surface area contributed by atoms with E-state index in [0.29, 0.717) is 34.6 Å². The molecule has 59 heavy (non-hydrogen) atoms. The third kappa shape index (κ3) is 6.94. The molecule has 1 aliphatic carbocycles. The van der Waals surface area contributed by atoms with Crippen LogP contribution in [0.5, 0.6) is 5.88 Å². The molecule has 8 rings (SSSR count). The molecule has 6 heterocycles. The van der Waals surface area contributed by atoms with Crippen LogP contribution in [0.2, 0.25) is 0 Å². The molecule has 1 saturated carbocycles. The predicted molar refractivity (Wildman–Crippen MR) is 215 cm³/mol. The van der Waals surface area contributed by atoms with E-state index in [2.05, 4.69) is 35.7 Å². The first kappa shape index (κ1) is 39.9. The number of carbonyl (C=O) groups is 5. The Morgan fingerprint density at radius 3 is 2.15 bits per heavy atom. The number of nitrogens with zero attached hydrogens (tertiary/aromatic N) is 9. The molecule has 5 amide bonds. The van der Waals surface area contributed by atoms with E-state index in [1.54, 1.807) is 31.2 Å². The second kappa shape index (κ2) is 15.0. The van der Waals surface area contributed by atoms with E-state index < -0.39 is 52.6 Å². The third-order valence-corrected chi connectivity index (χ3v) is 13.1. The summed E-state index contributed by atoms with van der Waals surface area (Å²) in [5.74, 6) is -0.978. The molecular weight excluding hydrogens is 753 g/mol. The average Bonchev–Trinajstić information content (AvgIpc) is 3.46. The Bertz CT molecular complexity index is 2240. The molecule has 16 heteroatoms. The van der Waals surface area contributed by atoms with Gasteiger partial charge in [0.05, 0.1) is 34.0 Å². The minimum absolute atomic E-state index is 0.0175. The summed E-state index contributed by atoms with van der Waals surface area (Å²) >= 11 is 0. The minimum Gasteiger partial charge on any atom is -0.473 e. The van der Waals surface area contributed by atoms with Gasteiger partial charge in [-0.2, -0.15) is 5.26 Å². The van der Waals surface area contributed by atoms with Crippen LogP contribution in [0.15, 0.2) is 42.7 Å². The highest BCUT2D eigenvalue weighted by Gasteiger charge is 2.68. The summed E-state index contributed by atoms with van der Waals surface area (Å²) in [6.45, 7) is 15.4.